The lowest BCUT2D eigenvalue weighted by atomic mass is 10.1. The van der Waals surface area contributed by atoms with E-state index in [0.29, 0.717) is 11.3 Å². The molecule has 0 spiro atoms. The Labute approximate surface area is 144 Å². The van der Waals surface area contributed by atoms with Gasteiger partial charge in [0.05, 0.1) is 17.3 Å². The van der Waals surface area contributed by atoms with E-state index in [1.165, 1.54) is 12.1 Å². The van der Waals surface area contributed by atoms with Crippen LogP contribution in [0.2, 0.25) is 5.02 Å². The molecule has 1 amide bonds. The van der Waals surface area contributed by atoms with Crippen molar-refractivity contribution in [2.45, 2.75) is 12.5 Å². The SMILES string of the molecule is CN(C)C(CNC(=O)C(=O)Cc1ccc(Cl)c(F)c1)c1ccco1. The number of ketones is 1. The maximum Gasteiger partial charge on any atom is 0.287 e. The lowest BCUT2D eigenvalue weighted by molar-refractivity contribution is -0.137. The second-order valence-corrected chi connectivity index (χ2v) is 5.96. The molecule has 7 heteroatoms. The molecule has 0 fully saturated rings. The highest BCUT2D eigenvalue weighted by atomic mass is 35.5. The molecule has 1 atom stereocenters. The Kier molecular flexibility index (Phi) is 6.11. The van der Waals surface area contributed by atoms with E-state index in [2.05, 4.69) is 5.32 Å². The Balaban J connectivity index is 1.93. The highest BCUT2D eigenvalue weighted by Gasteiger charge is 2.20. The number of furan rings is 1. The van der Waals surface area contributed by atoms with Crippen LogP contribution >= 0.6 is 11.6 Å². The number of Topliss-reactive ketones (excluding diaryl/α,β-unsaturated/α-hetero) is 1. The van der Waals surface area contributed by atoms with Gasteiger partial charge in [0.25, 0.3) is 5.91 Å². The second kappa shape index (κ2) is 8.08. The summed E-state index contributed by atoms with van der Waals surface area (Å²) in [4.78, 5) is 25.8. The number of carbonyl (C=O) groups excluding carboxylic acids is 2. The summed E-state index contributed by atoms with van der Waals surface area (Å²) >= 11 is 5.59. The van der Waals surface area contributed by atoms with Crippen molar-refractivity contribution < 1.29 is 18.4 Å². The maximum absolute atomic E-state index is 13.4. The third-order valence-corrected chi connectivity index (χ3v) is 3.86. The predicted octanol–water partition coefficient (Wildman–Crippen LogP) is 2.60. The first kappa shape index (κ1) is 18.2. The summed E-state index contributed by atoms with van der Waals surface area (Å²) in [5.41, 5.74) is 0.396. The van der Waals surface area contributed by atoms with Crippen LogP contribution in [-0.2, 0) is 16.0 Å². The number of benzene rings is 1. The van der Waals surface area contributed by atoms with Gasteiger partial charge in [-0.05, 0) is 43.9 Å². The molecular formula is C17H18ClFN2O3. The second-order valence-electron chi connectivity index (χ2n) is 5.55. The Morgan fingerprint density at radius 3 is 2.67 bits per heavy atom. The summed E-state index contributed by atoms with van der Waals surface area (Å²) in [6.45, 7) is 0.222. The lowest BCUT2D eigenvalue weighted by Crippen LogP contribution is -2.38. The van der Waals surface area contributed by atoms with E-state index in [0.717, 1.165) is 6.07 Å². The van der Waals surface area contributed by atoms with E-state index < -0.39 is 17.5 Å². The molecule has 0 radical (unpaired) electrons. The average Bonchev–Trinajstić information content (AvgIpc) is 3.04. The van der Waals surface area contributed by atoms with Gasteiger partial charge in [-0.3, -0.25) is 14.5 Å². The van der Waals surface area contributed by atoms with Gasteiger partial charge in [-0.1, -0.05) is 17.7 Å². The largest absolute Gasteiger partial charge is 0.468 e. The molecule has 1 aromatic carbocycles. The van der Waals surface area contributed by atoms with Crippen LogP contribution in [0.4, 0.5) is 4.39 Å². The number of amides is 1. The van der Waals surface area contributed by atoms with Gasteiger partial charge >= 0.3 is 0 Å². The molecule has 0 bridgehead atoms. The van der Waals surface area contributed by atoms with Gasteiger partial charge in [-0.2, -0.15) is 0 Å². The van der Waals surface area contributed by atoms with Crippen molar-refractivity contribution in [1.82, 2.24) is 10.2 Å². The minimum absolute atomic E-state index is 0.0251. The van der Waals surface area contributed by atoms with E-state index in [1.807, 2.05) is 19.0 Å². The molecule has 1 aromatic heterocycles. The standard InChI is InChI=1S/C17H18ClFN2O3/c1-21(2)14(16-4-3-7-24-16)10-20-17(23)15(22)9-11-5-6-12(18)13(19)8-11/h3-8,14H,9-10H2,1-2H3,(H,20,23). The van der Waals surface area contributed by atoms with E-state index in [4.69, 9.17) is 16.0 Å². The molecule has 1 N–H and O–H groups in total. The summed E-state index contributed by atoms with van der Waals surface area (Å²) in [6, 6.07) is 7.39. The monoisotopic (exact) mass is 352 g/mol. The van der Waals surface area contributed by atoms with Gasteiger partial charge in [0.2, 0.25) is 5.78 Å². The minimum atomic E-state index is -0.719. The quantitative estimate of drug-likeness (QED) is 0.778. The molecule has 128 valence electrons. The van der Waals surface area contributed by atoms with E-state index >= 15 is 0 Å². The van der Waals surface area contributed by atoms with Gasteiger partial charge < -0.3 is 9.73 Å². The van der Waals surface area contributed by atoms with Crippen LogP contribution in [-0.4, -0.2) is 37.2 Å². The molecule has 2 rings (SSSR count). The van der Waals surface area contributed by atoms with Crippen molar-refractivity contribution >= 4 is 23.3 Å². The first-order chi connectivity index (χ1) is 11.4. The number of rotatable bonds is 7. The summed E-state index contributed by atoms with van der Waals surface area (Å²) < 4.78 is 18.7. The van der Waals surface area contributed by atoms with E-state index in [1.54, 1.807) is 18.4 Å². The van der Waals surface area contributed by atoms with Crippen molar-refractivity contribution in [3.8, 4) is 0 Å². The van der Waals surface area contributed by atoms with Crippen molar-refractivity contribution in [3.05, 3.63) is 58.8 Å². The van der Waals surface area contributed by atoms with Crippen LogP contribution in [0.25, 0.3) is 0 Å². The number of likely N-dealkylation sites (N-methyl/N-ethyl adjacent to an activating group) is 1. The number of nitrogens with zero attached hydrogens (tertiary/aromatic N) is 1. The first-order valence-corrected chi connectivity index (χ1v) is 7.71. The zero-order chi connectivity index (χ0) is 17.7. The van der Waals surface area contributed by atoms with Gasteiger partial charge in [-0.15, -0.1) is 0 Å². The zero-order valence-electron chi connectivity index (χ0n) is 13.4. The molecule has 5 nitrogen and oxygen atoms in total. The summed E-state index contributed by atoms with van der Waals surface area (Å²) in [6.07, 6.45) is 1.36. The molecule has 0 saturated carbocycles. The van der Waals surface area contributed by atoms with Gasteiger partial charge in [0.1, 0.15) is 11.6 Å². The average molecular weight is 353 g/mol. The van der Waals surface area contributed by atoms with Crippen molar-refractivity contribution in [2.75, 3.05) is 20.6 Å². The predicted molar refractivity (Wildman–Crippen MR) is 88.3 cm³/mol. The molecule has 0 saturated heterocycles. The topological polar surface area (TPSA) is 62.6 Å². The van der Waals surface area contributed by atoms with Crippen molar-refractivity contribution in [1.29, 1.82) is 0 Å². The lowest BCUT2D eigenvalue weighted by Gasteiger charge is -2.22. The normalized spacial score (nSPS) is 12.2. The van der Waals surface area contributed by atoms with Crippen molar-refractivity contribution in [3.63, 3.8) is 0 Å². The molecule has 0 aliphatic rings. The summed E-state index contributed by atoms with van der Waals surface area (Å²) in [5, 5.41) is 2.56. The first-order valence-electron chi connectivity index (χ1n) is 7.33. The number of hydrogen-bond acceptors (Lipinski definition) is 4. The number of halogens is 2. The smallest absolute Gasteiger partial charge is 0.287 e. The highest BCUT2D eigenvalue weighted by molar-refractivity contribution is 6.36. The molecule has 1 heterocycles. The third kappa shape index (κ3) is 4.66. The van der Waals surface area contributed by atoms with Crippen LogP contribution in [0, 0.1) is 5.82 Å². The third-order valence-electron chi connectivity index (χ3n) is 3.55. The fourth-order valence-electron chi connectivity index (χ4n) is 2.22. The Morgan fingerprint density at radius 1 is 1.33 bits per heavy atom. The van der Waals surface area contributed by atoms with Gasteiger partial charge in [0, 0.05) is 13.0 Å². The van der Waals surface area contributed by atoms with E-state index in [-0.39, 0.29) is 24.0 Å². The van der Waals surface area contributed by atoms with Crippen LogP contribution in [0.15, 0.2) is 41.0 Å². The maximum atomic E-state index is 13.4. The Hall–Kier alpha value is -2.18. The minimum Gasteiger partial charge on any atom is -0.468 e. The Morgan fingerprint density at radius 2 is 2.08 bits per heavy atom. The van der Waals surface area contributed by atoms with Gasteiger partial charge in [0.15, 0.2) is 0 Å². The number of hydrogen-bond donors (Lipinski definition) is 1. The van der Waals surface area contributed by atoms with Crippen LogP contribution in [0.5, 0.6) is 0 Å². The van der Waals surface area contributed by atoms with Crippen LogP contribution in [0.1, 0.15) is 17.4 Å². The van der Waals surface area contributed by atoms with Gasteiger partial charge in [-0.25, -0.2) is 4.39 Å². The molecule has 0 aliphatic carbocycles. The fourth-order valence-corrected chi connectivity index (χ4v) is 2.34. The number of nitrogens with one attached hydrogen (secondary N) is 1. The summed E-state index contributed by atoms with van der Waals surface area (Å²) in [7, 11) is 3.69. The molecule has 0 aliphatic heterocycles. The molecule has 1 unspecified atom stereocenters. The molecule has 24 heavy (non-hydrogen) atoms. The number of carbonyl (C=O) groups is 2. The highest BCUT2D eigenvalue weighted by Crippen LogP contribution is 2.18. The van der Waals surface area contributed by atoms with E-state index in [9.17, 15) is 14.0 Å². The van der Waals surface area contributed by atoms with Crippen molar-refractivity contribution in [2.24, 2.45) is 0 Å². The summed E-state index contributed by atoms with van der Waals surface area (Å²) in [5.74, 6) is -1.29. The fraction of sp³-hybridized carbons (Fsp3) is 0.294. The molecular weight excluding hydrogens is 335 g/mol. The van der Waals surface area contributed by atoms with Crippen LogP contribution < -0.4 is 5.32 Å². The zero-order valence-corrected chi connectivity index (χ0v) is 14.1. The molecule has 2 aromatic rings. The Bertz CT molecular complexity index is 717. The van der Waals surface area contributed by atoms with Crippen LogP contribution in [0.3, 0.4) is 0 Å².